The Hall–Kier alpha value is -2.18. The Morgan fingerprint density at radius 2 is 2.19 bits per heavy atom. The molecule has 2 aromatic rings. The normalized spacial score (nSPS) is 12.6. The van der Waals surface area contributed by atoms with Crippen LogP contribution in [-0.2, 0) is 18.4 Å². The van der Waals surface area contributed by atoms with Crippen LogP contribution in [0.15, 0.2) is 24.8 Å². The zero-order valence-corrected chi connectivity index (χ0v) is 12.7. The first-order valence-electron chi connectivity index (χ1n) is 7.17. The smallest absolute Gasteiger partial charge is 0.222 e. The second-order valence-electron chi connectivity index (χ2n) is 5.51. The van der Waals surface area contributed by atoms with E-state index >= 15 is 0 Å². The zero-order valence-electron chi connectivity index (χ0n) is 12.7. The number of aryl methyl sites for hydroxylation is 2. The third kappa shape index (κ3) is 4.40. The minimum atomic E-state index is -0.109. The predicted molar refractivity (Wildman–Crippen MR) is 78.2 cm³/mol. The van der Waals surface area contributed by atoms with Gasteiger partial charge in [-0.05, 0) is 18.4 Å². The summed E-state index contributed by atoms with van der Waals surface area (Å²) in [6.07, 6.45) is 6.30. The van der Waals surface area contributed by atoms with Crippen molar-refractivity contribution >= 4 is 5.91 Å². The molecule has 0 spiro atoms. The molecule has 0 saturated heterocycles. The van der Waals surface area contributed by atoms with Crippen LogP contribution in [0.3, 0.4) is 0 Å². The molecule has 114 valence electrons. The first-order valence-corrected chi connectivity index (χ1v) is 7.17. The van der Waals surface area contributed by atoms with Crippen molar-refractivity contribution in [3.63, 3.8) is 0 Å². The summed E-state index contributed by atoms with van der Waals surface area (Å²) >= 11 is 0. The van der Waals surface area contributed by atoms with Gasteiger partial charge in [0, 0.05) is 32.4 Å². The average molecular weight is 290 g/mol. The highest BCUT2D eigenvalue weighted by atomic mass is 16.1. The molecule has 1 N–H and O–H groups in total. The molecule has 0 aliphatic rings. The molecule has 0 bridgehead atoms. The average Bonchev–Trinajstić information content (AvgIpc) is 3.06. The second kappa shape index (κ2) is 7.01. The number of rotatable bonds is 7. The van der Waals surface area contributed by atoms with Gasteiger partial charge in [0.2, 0.25) is 5.91 Å². The fourth-order valence-electron chi connectivity index (χ4n) is 2.24. The Balaban J connectivity index is 1.95. The maximum Gasteiger partial charge on any atom is 0.222 e. The second-order valence-corrected chi connectivity index (χ2v) is 5.51. The summed E-state index contributed by atoms with van der Waals surface area (Å²) in [5, 5.41) is 11.2. The Bertz CT molecular complexity index is 560. The molecule has 0 aromatic carbocycles. The maximum atomic E-state index is 12.1. The van der Waals surface area contributed by atoms with Crippen molar-refractivity contribution in [2.24, 2.45) is 13.0 Å². The van der Waals surface area contributed by atoms with E-state index in [0.29, 0.717) is 18.9 Å². The first-order chi connectivity index (χ1) is 10.1. The minimum absolute atomic E-state index is 0.000787. The maximum absolute atomic E-state index is 12.1. The van der Waals surface area contributed by atoms with Gasteiger partial charge in [-0.25, -0.2) is 4.98 Å². The Morgan fingerprint density at radius 1 is 1.38 bits per heavy atom. The molecule has 2 rings (SSSR count). The molecule has 0 radical (unpaired) electrons. The summed E-state index contributed by atoms with van der Waals surface area (Å²) in [6, 6.07) is 1.74. The van der Waals surface area contributed by atoms with E-state index in [1.807, 2.05) is 19.3 Å². The van der Waals surface area contributed by atoms with Crippen LogP contribution in [0.25, 0.3) is 0 Å². The molecular formula is C14H22N6O. The third-order valence-corrected chi connectivity index (χ3v) is 3.23. The van der Waals surface area contributed by atoms with Crippen molar-refractivity contribution in [3.05, 3.63) is 30.6 Å². The fourth-order valence-corrected chi connectivity index (χ4v) is 2.24. The number of nitrogens with zero attached hydrogens (tertiary/aromatic N) is 5. The lowest BCUT2D eigenvalue weighted by Gasteiger charge is -2.19. The quantitative estimate of drug-likeness (QED) is 0.834. The van der Waals surface area contributed by atoms with Gasteiger partial charge in [-0.3, -0.25) is 14.2 Å². The largest absolute Gasteiger partial charge is 0.346 e. The van der Waals surface area contributed by atoms with Crippen LogP contribution < -0.4 is 5.32 Å². The van der Waals surface area contributed by atoms with E-state index in [1.165, 1.54) is 6.33 Å². The summed E-state index contributed by atoms with van der Waals surface area (Å²) in [4.78, 5) is 16.4. The molecule has 0 unspecified atom stereocenters. The Labute approximate surface area is 124 Å². The molecule has 7 heteroatoms. The molecular weight excluding hydrogens is 268 g/mol. The van der Waals surface area contributed by atoms with Crippen molar-refractivity contribution < 1.29 is 4.79 Å². The molecule has 1 amide bonds. The third-order valence-electron chi connectivity index (χ3n) is 3.23. The van der Waals surface area contributed by atoms with E-state index in [-0.39, 0.29) is 11.9 Å². The fraction of sp³-hybridized carbons (Fsp3) is 0.571. The SMILES string of the molecule is CC(C)C[C@H](NC(=O)CCn1cccn1)c1ncnn1C. The van der Waals surface area contributed by atoms with E-state index < -0.39 is 0 Å². The van der Waals surface area contributed by atoms with Gasteiger partial charge in [0.25, 0.3) is 0 Å². The number of nitrogens with one attached hydrogen (secondary N) is 1. The lowest BCUT2D eigenvalue weighted by Crippen LogP contribution is -2.32. The van der Waals surface area contributed by atoms with Crippen LogP contribution in [0.1, 0.15) is 38.6 Å². The molecule has 1 atom stereocenters. The van der Waals surface area contributed by atoms with Gasteiger partial charge < -0.3 is 5.32 Å². The van der Waals surface area contributed by atoms with Crippen LogP contribution in [0.4, 0.5) is 0 Å². The molecule has 2 aromatic heterocycles. The highest BCUT2D eigenvalue weighted by Gasteiger charge is 2.20. The number of amides is 1. The molecule has 7 nitrogen and oxygen atoms in total. The van der Waals surface area contributed by atoms with Crippen molar-refractivity contribution in [1.29, 1.82) is 0 Å². The highest BCUT2D eigenvalue weighted by Crippen LogP contribution is 2.18. The standard InChI is InChI=1S/C14H22N6O/c1-11(2)9-12(14-15-10-17-19(14)3)18-13(21)5-8-20-7-4-6-16-20/h4,6-7,10-12H,5,8-9H2,1-3H3,(H,18,21)/t12-/m0/s1. The number of hydrogen-bond donors (Lipinski definition) is 1. The first kappa shape index (κ1) is 15.2. The summed E-state index contributed by atoms with van der Waals surface area (Å²) in [6.45, 7) is 4.82. The topological polar surface area (TPSA) is 77.6 Å². The number of hydrogen-bond acceptors (Lipinski definition) is 4. The van der Waals surface area contributed by atoms with Crippen molar-refractivity contribution in [2.75, 3.05) is 0 Å². The van der Waals surface area contributed by atoms with Gasteiger partial charge in [-0.1, -0.05) is 13.8 Å². The van der Waals surface area contributed by atoms with Gasteiger partial charge >= 0.3 is 0 Å². The zero-order chi connectivity index (χ0) is 15.2. The monoisotopic (exact) mass is 290 g/mol. The van der Waals surface area contributed by atoms with E-state index in [1.54, 1.807) is 15.6 Å². The molecule has 0 fully saturated rings. The van der Waals surface area contributed by atoms with E-state index in [0.717, 1.165) is 12.2 Å². The molecule has 0 saturated carbocycles. The highest BCUT2D eigenvalue weighted by molar-refractivity contribution is 5.76. The van der Waals surface area contributed by atoms with Crippen LogP contribution >= 0.6 is 0 Å². The van der Waals surface area contributed by atoms with Gasteiger partial charge in [0.05, 0.1) is 6.04 Å². The van der Waals surface area contributed by atoms with Crippen molar-refractivity contribution in [1.82, 2.24) is 29.9 Å². The van der Waals surface area contributed by atoms with E-state index in [4.69, 9.17) is 0 Å². The van der Waals surface area contributed by atoms with Crippen LogP contribution in [0, 0.1) is 5.92 Å². The predicted octanol–water partition coefficient (Wildman–Crippen LogP) is 1.31. The summed E-state index contributed by atoms with van der Waals surface area (Å²) in [5.74, 6) is 1.24. The van der Waals surface area contributed by atoms with Crippen molar-refractivity contribution in [2.45, 2.75) is 39.3 Å². The van der Waals surface area contributed by atoms with E-state index in [9.17, 15) is 4.79 Å². The summed E-state index contributed by atoms with van der Waals surface area (Å²) in [7, 11) is 1.84. The Kier molecular flexibility index (Phi) is 5.08. The lowest BCUT2D eigenvalue weighted by molar-refractivity contribution is -0.122. The van der Waals surface area contributed by atoms with E-state index in [2.05, 4.69) is 34.3 Å². The number of carbonyl (C=O) groups excluding carboxylic acids is 1. The van der Waals surface area contributed by atoms with Crippen LogP contribution in [0.2, 0.25) is 0 Å². The lowest BCUT2D eigenvalue weighted by atomic mass is 10.0. The Morgan fingerprint density at radius 3 is 2.76 bits per heavy atom. The number of carbonyl (C=O) groups is 1. The van der Waals surface area contributed by atoms with Gasteiger partial charge in [0.15, 0.2) is 0 Å². The summed E-state index contributed by atoms with van der Waals surface area (Å²) in [5.41, 5.74) is 0. The van der Waals surface area contributed by atoms with Crippen molar-refractivity contribution in [3.8, 4) is 0 Å². The summed E-state index contributed by atoms with van der Waals surface area (Å²) < 4.78 is 3.46. The molecule has 0 aliphatic carbocycles. The molecule has 21 heavy (non-hydrogen) atoms. The van der Waals surface area contributed by atoms with Gasteiger partial charge in [-0.2, -0.15) is 10.2 Å². The van der Waals surface area contributed by atoms with Gasteiger partial charge in [0.1, 0.15) is 12.2 Å². The molecule has 2 heterocycles. The van der Waals surface area contributed by atoms with Crippen LogP contribution in [0.5, 0.6) is 0 Å². The van der Waals surface area contributed by atoms with Crippen LogP contribution in [-0.4, -0.2) is 30.5 Å². The molecule has 0 aliphatic heterocycles. The minimum Gasteiger partial charge on any atom is -0.346 e. The van der Waals surface area contributed by atoms with Gasteiger partial charge in [-0.15, -0.1) is 0 Å². The number of aromatic nitrogens is 5.